The van der Waals surface area contributed by atoms with Crippen molar-refractivity contribution in [2.24, 2.45) is 0 Å². The van der Waals surface area contributed by atoms with Crippen LogP contribution in [-0.4, -0.2) is 28.3 Å². The molecule has 4 heteroatoms. The predicted octanol–water partition coefficient (Wildman–Crippen LogP) is 2.24. The van der Waals surface area contributed by atoms with Gasteiger partial charge in [0.15, 0.2) is 0 Å². The molecule has 0 atom stereocenters. The lowest BCUT2D eigenvalue weighted by Gasteiger charge is -1.95. The number of hydrogen-bond donors (Lipinski definition) is 0. The van der Waals surface area contributed by atoms with Crippen LogP contribution in [-0.2, 0) is 4.79 Å². The molecule has 0 N–H and O–H groups in total. The van der Waals surface area contributed by atoms with Crippen molar-refractivity contribution in [3.8, 4) is 0 Å². The number of alkyl halides is 1. The second kappa shape index (κ2) is 7.76. The third kappa shape index (κ3) is 6.78. The van der Waals surface area contributed by atoms with Crippen LogP contribution in [0.15, 0.2) is 0 Å². The molecule has 60 valence electrons. The van der Waals surface area contributed by atoms with Crippen molar-refractivity contribution in [1.82, 2.24) is 0 Å². The summed E-state index contributed by atoms with van der Waals surface area (Å²) in [5, 5.41) is 0.0818. The molecule has 0 aromatic carbocycles. The largest absolute Gasteiger partial charge is 0.286 e. The first-order valence-corrected chi connectivity index (χ1v) is 5.78. The van der Waals surface area contributed by atoms with Crippen molar-refractivity contribution in [3.05, 3.63) is 0 Å². The molecule has 0 aromatic rings. The maximum absolute atomic E-state index is 10.6. The van der Waals surface area contributed by atoms with E-state index in [2.05, 4.69) is 6.92 Å². The van der Waals surface area contributed by atoms with E-state index in [1.165, 1.54) is 11.8 Å². The van der Waals surface area contributed by atoms with Crippen LogP contribution < -0.4 is 0 Å². The lowest BCUT2D eigenvalue weighted by molar-refractivity contribution is -0.108. The van der Waals surface area contributed by atoms with Crippen molar-refractivity contribution in [2.75, 3.05) is 23.1 Å². The van der Waals surface area contributed by atoms with E-state index in [4.69, 9.17) is 11.6 Å². The molecule has 0 aliphatic rings. The van der Waals surface area contributed by atoms with Gasteiger partial charge in [-0.05, 0) is 5.75 Å². The van der Waals surface area contributed by atoms with Gasteiger partial charge < -0.3 is 0 Å². The molecule has 0 saturated heterocycles. The average molecular weight is 199 g/mol. The molecule has 0 aliphatic carbocycles. The lowest BCUT2D eigenvalue weighted by Crippen LogP contribution is -1.95. The predicted molar refractivity (Wildman–Crippen MR) is 51.2 cm³/mol. The quantitative estimate of drug-likeness (QED) is 0.498. The zero-order chi connectivity index (χ0) is 7.82. The van der Waals surface area contributed by atoms with E-state index in [9.17, 15) is 4.79 Å². The molecule has 0 aliphatic heterocycles. The highest BCUT2D eigenvalue weighted by molar-refractivity contribution is 8.14. The molecule has 0 rings (SSSR count). The van der Waals surface area contributed by atoms with Crippen LogP contribution in [0.2, 0.25) is 0 Å². The van der Waals surface area contributed by atoms with E-state index < -0.39 is 0 Å². The van der Waals surface area contributed by atoms with Gasteiger partial charge in [0.05, 0.1) is 5.88 Å². The normalized spacial score (nSPS) is 9.80. The van der Waals surface area contributed by atoms with Crippen molar-refractivity contribution in [3.63, 3.8) is 0 Å². The molecule has 0 aromatic heterocycles. The fourth-order valence-electron chi connectivity index (χ4n) is 0.397. The molecular formula is C6H11ClOS2. The molecular weight excluding hydrogens is 188 g/mol. The number of carbonyl (C=O) groups excluding carboxylic acids is 1. The van der Waals surface area contributed by atoms with E-state index in [1.807, 2.05) is 11.8 Å². The van der Waals surface area contributed by atoms with E-state index in [-0.39, 0.29) is 11.0 Å². The second-order valence-electron chi connectivity index (χ2n) is 1.55. The minimum atomic E-state index is 0.0818. The van der Waals surface area contributed by atoms with Crippen LogP contribution in [0.4, 0.5) is 0 Å². The smallest absolute Gasteiger partial charge is 0.203 e. The van der Waals surface area contributed by atoms with E-state index in [1.54, 1.807) is 0 Å². The van der Waals surface area contributed by atoms with Gasteiger partial charge in [-0.1, -0.05) is 18.7 Å². The van der Waals surface area contributed by atoms with Crippen molar-refractivity contribution < 1.29 is 4.79 Å². The molecule has 0 heterocycles. The van der Waals surface area contributed by atoms with Gasteiger partial charge in [0, 0.05) is 11.5 Å². The van der Waals surface area contributed by atoms with Crippen LogP contribution in [0.3, 0.4) is 0 Å². The Bertz CT molecular complexity index is 97.7. The van der Waals surface area contributed by atoms with Crippen molar-refractivity contribution in [2.45, 2.75) is 6.92 Å². The molecule has 0 saturated carbocycles. The summed E-state index contributed by atoms with van der Waals surface area (Å²) in [5.74, 6) is 3.20. The fraction of sp³-hybridized carbons (Fsp3) is 0.833. The Morgan fingerprint density at radius 2 is 2.20 bits per heavy atom. The van der Waals surface area contributed by atoms with E-state index in [0.29, 0.717) is 0 Å². The minimum Gasteiger partial charge on any atom is -0.286 e. The Labute approximate surface area is 75.3 Å². The maximum atomic E-state index is 10.6. The Balaban J connectivity index is 2.96. The van der Waals surface area contributed by atoms with Gasteiger partial charge in [-0.3, -0.25) is 4.79 Å². The summed E-state index contributed by atoms with van der Waals surface area (Å²) in [4.78, 5) is 10.6. The molecule has 0 spiro atoms. The highest BCUT2D eigenvalue weighted by Gasteiger charge is 1.97. The van der Waals surface area contributed by atoms with Gasteiger partial charge in [0.25, 0.3) is 0 Å². The van der Waals surface area contributed by atoms with Crippen LogP contribution >= 0.6 is 35.1 Å². The maximum Gasteiger partial charge on any atom is 0.203 e. The Morgan fingerprint density at radius 1 is 1.50 bits per heavy atom. The molecule has 0 bridgehead atoms. The van der Waals surface area contributed by atoms with Crippen molar-refractivity contribution in [1.29, 1.82) is 0 Å². The number of rotatable bonds is 5. The summed E-state index contributed by atoms with van der Waals surface area (Å²) in [7, 11) is 0. The van der Waals surface area contributed by atoms with Gasteiger partial charge in [0.1, 0.15) is 0 Å². The molecule has 0 unspecified atom stereocenters. The van der Waals surface area contributed by atoms with Crippen LogP contribution in [0.1, 0.15) is 6.92 Å². The standard InChI is InChI=1S/C6H11ClOS2/c1-2-9-3-4-10-6(8)5-7/h2-5H2,1H3. The van der Waals surface area contributed by atoms with Gasteiger partial charge in [-0.15, -0.1) is 11.6 Å². The Morgan fingerprint density at radius 3 is 2.70 bits per heavy atom. The van der Waals surface area contributed by atoms with Gasteiger partial charge in [0.2, 0.25) is 5.12 Å². The molecule has 0 fully saturated rings. The number of thioether (sulfide) groups is 2. The lowest BCUT2D eigenvalue weighted by atomic mass is 10.9. The van der Waals surface area contributed by atoms with Crippen LogP contribution in [0, 0.1) is 0 Å². The van der Waals surface area contributed by atoms with Gasteiger partial charge in [-0.25, -0.2) is 0 Å². The second-order valence-corrected chi connectivity index (χ2v) is 4.36. The highest BCUT2D eigenvalue weighted by Crippen LogP contribution is 2.07. The third-order valence-electron chi connectivity index (χ3n) is 0.804. The van der Waals surface area contributed by atoms with Crippen LogP contribution in [0.25, 0.3) is 0 Å². The van der Waals surface area contributed by atoms with E-state index >= 15 is 0 Å². The molecule has 0 radical (unpaired) electrons. The molecule has 1 nitrogen and oxygen atoms in total. The summed E-state index contributed by atoms with van der Waals surface area (Å²) in [6.07, 6.45) is 0. The summed E-state index contributed by atoms with van der Waals surface area (Å²) >= 11 is 8.46. The summed E-state index contributed by atoms with van der Waals surface area (Å²) in [6.45, 7) is 2.11. The third-order valence-corrected chi connectivity index (χ3v) is 3.24. The summed E-state index contributed by atoms with van der Waals surface area (Å²) in [6, 6.07) is 0. The first-order valence-electron chi connectivity index (χ1n) is 3.10. The monoisotopic (exact) mass is 198 g/mol. The zero-order valence-electron chi connectivity index (χ0n) is 5.93. The van der Waals surface area contributed by atoms with Gasteiger partial charge >= 0.3 is 0 Å². The topological polar surface area (TPSA) is 17.1 Å². The summed E-state index contributed by atoms with van der Waals surface area (Å²) < 4.78 is 0. The first-order chi connectivity index (χ1) is 4.81. The number of carbonyl (C=O) groups is 1. The fourth-order valence-corrected chi connectivity index (χ4v) is 2.03. The minimum absolute atomic E-state index is 0.0818. The summed E-state index contributed by atoms with van der Waals surface area (Å²) in [5.41, 5.74) is 0. The average Bonchev–Trinajstić information content (AvgIpc) is 1.98. The van der Waals surface area contributed by atoms with Crippen molar-refractivity contribution >= 4 is 40.2 Å². The SMILES string of the molecule is CCSCCSC(=O)CCl. The highest BCUT2D eigenvalue weighted by atomic mass is 35.5. The van der Waals surface area contributed by atoms with Crippen LogP contribution in [0.5, 0.6) is 0 Å². The molecule has 10 heavy (non-hydrogen) atoms. The number of halogens is 1. The Kier molecular flexibility index (Phi) is 8.28. The zero-order valence-corrected chi connectivity index (χ0v) is 8.32. The Hall–Kier alpha value is 0.660. The van der Waals surface area contributed by atoms with Gasteiger partial charge in [-0.2, -0.15) is 11.8 Å². The molecule has 0 amide bonds. The van der Waals surface area contributed by atoms with E-state index in [0.717, 1.165) is 17.3 Å². The first kappa shape index (κ1) is 10.7. The number of hydrogen-bond acceptors (Lipinski definition) is 3.